The van der Waals surface area contributed by atoms with Crippen LogP contribution in [0.2, 0.25) is 0 Å². The first-order valence-corrected chi connectivity index (χ1v) is 7.79. The van der Waals surface area contributed by atoms with Gasteiger partial charge in [0.25, 0.3) is 0 Å². The molecule has 0 atom stereocenters. The summed E-state index contributed by atoms with van der Waals surface area (Å²) >= 11 is 0. The average Bonchev–Trinajstić information content (AvgIpc) is 2.53. The first kappa shape index (κ1) is 16.3. The van der Waals surface area contributed by atoms with Crippen LogP contribution in [0.5, 0.6) is 0 Å². The van der Waals surface area contributed by atoms with Gasteiger partial charge >= 0.3 is 12.0 Å². The number of carboxylic acid groups (broad SMARTS) is 1. The summed E-state index contributed by atoms with van der Waals surface area (Å²) in [6.45, 7) is 2.53. The second-order valence-electron chi connectivity index (χ2n) is 5.71. The van der Waals surface area contributed by atoms with Gasteiger partial charge in [-0.1, -0.05) is 6.92 Å². The van der Waals surface area contributed by atoms with Crippen LogP contribution in [0.15, 0.2) is 18.5 Å². The van der Waals surface area contributed by atoms with Gasteiger partial charge in [0, 0.05) is 25.0 Å². The molecule has 0 spiro atoms. The second kappa shape index (κ2) is 7.77. The average molecular weight is 305 g/mol. The minimum absolute atomic E-state index is 0.0682. The summed E-state index contributed by atoms with van der Waals surface area (Å²) < 4.78 is 0. The Morgan fingerprint density at radius 2 is 2.00 bits per heavy atom. The quantitative estimate of drug-likeness (QED) is 0.776. The zero-order valence-electron chi connectivity index (χ0n) is 12.8. The highest BCUT2D eigenvalue weighted by molar-refractivity contribution is 5.74. The molecular formula is C16H23N3O3. The third-order valence-corrected chi connectivity index (χ3v) is 4.24. The van der Waals surface area contributed by atoms with Gasteiger partial charge < -0.3 is 15.7 Å². The number of carbonyl (C=O) groups excluding carboxylic acids is 1. The Labute approximate surface area is 130 Å². The van der Waals surface area contributed by atoms with Gasteiger partial charge in [-0.3, -0.25) is 9.78 Å². The molecule has 6 nitrogen and oxygen atoms in total. The van der Waals surface area contributed by atoms with Crippen molar-refractivity contribution >= 4 is 12.0 Å². The number of nitrogens with one attached hydrogen (secondary N) is 2. The van der Waals surface area contributed by atoms with E-state index < -0.39 is 5.97 Å². The first-order valence-electron chi connectivity index (χ1n) is 7.79. The Kier molecular flexibility index (Phi) is 5.75. The number of amides is 2. The molecule has 1 fully saturated rings. The van der Waals surface area contributed by atoms with E-state index in [-0.39, 0.29) is 18.0 Å². The number of carbonyl (C=O) groups is 2. The van der Waals surface area contributed by atoms with E-state index in [4.69, 9.17) is 5.11 Å². The van der Waals surface area contributed by atoms with Gasteiger partial charge in [0.1, 0.15) is 0 Å². The van der Waals surface area contributed by atoms with E-state index in [9.17, 15) is 9.59 Å². The second-order valence-corrected chi connectivity index (χ2v) is 5.71. The summed E-state index contributed by atoms with van der Waals surface area (Å²) in [5.74, 6) is -0.988. The number of carboxylic acids is 1. The van der Waals surface area contributed by atoms with Crippen molar-refractivity contribution in [1.29, 1.82) is 0 Å². The summed E-state index contributed by atoms with van der Waals surface area (Å²) in [5, 5.41) is 14.7. The highest BCUT2D eigenvalue weighted by Crippen LogP contribution is 2.24. The first-order chi connectivity index (χ1) is 10.6. The lowest BCUT2D eigenvalue weighted by atomic mass is 9.86. The van der Waals surface area contributed by atoms with Crippen LogP contribution in [-0.2, 0) is 17.8 Å². The fourth-order valence-corrected chi connectivity index (χ4v) is 2.84. The van der Waals surface area contributed by atoms with Gasteiger partial charge in [-0.15, -0.1) is 0 Å². The summed E-state index contributed by atoms with van der Waals surface area (Å²) in [6, 6.07) is 1.79. The molecule has 1 saturated carbocycles. The van der Waals surface area contributed by atoms with Gasteiger partial charge in [-0.25, -0.2) is 4.79 Å². The Hall–Kier alpha value is -2.11. The van der Waals surface area contributed by atoms with Crippen LogP contribution in [0.3, 0.4) is 0 Å². The van der Waals surface area contributed by atoms with Gasteiger partial charge in [-0.05, 0) is 49.3 Å². The van der Waals surface area contributed by atoms with Crippen LogP contribution in [0.25, 0.3) is 0 Å². The zero-order valence-corrected chi connectivity index (χ0v) is 12.8. The minimum Gasteiger partial charge on any atom is -0.481 e. The molecule has 1 aromatic rings. The SMILES string of the molecule is CCc1cnccc1CNC(=O)NC1CCC(C(=O)O)CC1. The van der Waals surface area contributed by atoms with Gasteiger partial charge in [0.05, 0.1) is 5.92 Å². The van der Waals surface area contributed by atoms with Crippen molar-refractivity contribution in [3.63, 3.8) is 0 Å². The maximum absolute atomic E-state index is 11.9. The van der Waals surface area contributed by atoms with E-state index in [0.29, 0.717) is 19.4 Å². The van der Waals surface area contributed by atoms with Crippen molar-refractivity contribution < 1.29 is 14.7 Å². The predicted octanol–water partition coefficient (Wildman–Crippen LogP) is 2.09. The van der Waals surface area contributed by atoms with Crippen LogP contribution >= 0.6 is 0 Å². The molecular weight excluding hydrogens is 282 g/mol. The number of rotatable bonds is 5. The van der Waals surface area contributed by atoms with Crippen LogP contribution in [-0.4, -0.2) is 28.1 Å². The van der Waals surface area contributed by atoms with E-state index in [0.717, 1.165) is 30.4 Å². The largest absolute Gasteiger partial charge is 0.481 e. The van der Waals surface area contributed by atoms with E-state index in [1.807, 2.05) is 12.3 Å². The van der Waals surface area contributed by atoms with Crippen LogP contribution < -0.4 is 10.6 Å². The number of aliphatic carboxylic acids is 1. The number of hydrogen-bond donors (Lipinski definition) is 3. The molecule has 22 heavy (non-hydrogen) atoms. The Balaban J connectivity index is 1.76. The molecule has 0 saturated heterocycles. The van der Waals surface area contributed by atoms with Crippen molar-refractivity contribution in [3.8, 4) is 0 Å². The molecule has 0 radical (unpaired) electrons. The van der Waals surface area contributed by atoms with Gasteiger partial charge in [0.15, 0.2) is 0 Å². The molecule has 2 rings (SSSR count). The Morgan fingerprint density at radius 3 is 2.64 bits per heavy atom. The highest BCUT2D eigenvalue weighted by Gasteiger charge is 2.26. The fraction of sp³-hybridized carbons (Fsp3) is 0.562. The minimum atomic E-state index is -0.729. The molecule has 2 amide bonds. The molecule has 1 aliphatic rings. The number of aryl methyl sites for hydroxylation is 1. The molecule has 1 aromatic heterocycles. The number of urea groups is 1. The molecule has 6 heteroatoms. The van der Waals surface area contributed by atoms with Crippen molar-refractivity contribution in [2.24, 2.45) is 5.92 Å². The van der Waals surface area contributed by atoms with E-state index >= 15 is 0 Å². The van der Waals surface area contributed by atoms with Crippen molar-refractivity contribution in [1.82, 2.24) is 15.6 Å². The van der Waals surface area contributed by atoms with Gasteiger partial charge in [-0.2, -0.15) is 0 Å². The van der Waals surface area contributed by atoms with Crippen LogP contribution in [0, 0.1) is 5.92 Å². The van der Waals surface area contributed by atoms with Crippen molar-refractivity contribution in [3.05, 3.63) is 29.6 Å². The standard InChI is InChI=1S/C16H23N3O3/c1-2-11-9-17-8-7-13(11)10-18-16(22)19-14-5-3-12(4-6-14)15(20)21/h7-9,12,14H,2-6,10H2,1H3,(H,20,21)(H2,18,19,22). The van der Waals surface area contributed by atoms with E-state index in [2.05, 4.69) is 22.5 Å². The Bertz CT molecular complexity index is 525. The summed E-state index contributed by atoms with van der Waals surface area (Å²) in [7, 11) is 0. The van der Waals surface area contributed by atoms with Crippen molar-refractivity contribution in [2.75, 3.05) is 0 Å². The molecule has 0 unspecified atom stereocenters. The number of aromatic nitrogens is 1. The molecule has 0 aliphatic heterocycles. The van der Waals surface area contributed by atoms with Gasteiger partial charge in [0.2, 0.25) is 0 Å². The predicted molar refractivity (Wildman–Crippen MR) is 82.4 cm³/mol. The maximum atomic E-state index is 11.9. The molecule has 120 valence electrons. The number of pyridine rings is 1. The third kappa shape index (κ3) is 4.44. The van der Waals surface area contributed by atoms with Crippen molar-refractivity contribution in [2.45, 2.75) is 51.6 Å². The fourth-order valence-electron chi connectivity index (χ4n) is 2.84. The third-order valence-electron chi connectivity index (χ3n) is 4.24. The summed E-state index contributed by atoms with van der Waals surface area (Å²) in [4.78, 5) is 26.9. The highest BCUT2D eigenvalue weighted by atomic mass is 16.4. The summed E-state index contributed by atoms with van der Waals surface area (Å²) in [5.41, 5.74) is 2.20. The lowest BCUT2D eigenvalue weighted by Gasteiger charge is -2.26. The lowest BCUT2D eigenvalue weighted by molar-refractivity contribution is -0.142. The number of nitrogens with zero attached hydrogens (tertiary/aromatic N) is 1. The van der Waals surface area contributed by atoms with E-state index in [1.54, 1.807) is 6.20 Å². The molecule has 1 aliphatic carbocycles. The molecule has 0 bridgehead atoms. The smallest absolute Gasteiger partial charge is 0.315 e. The molecule has 0 aromatic carbocycles. The zero-order chi connectivity index (χ0) is 15.9. The van der Waals surface area contributed by atoms with Crippen LogP contribution in [0.1, 0.15) is 43.7 Å². The lowest BCUT2D eigenvalue weighted by Crippen LogP contribution is -2.44. The topological polar surface area (TPSA) is 91.3 Å². The van der Waals surface area contributed by atoms with Crippen LogP contribution in [0.4, 0.5) is 4.79 Å². The molecule has 1 heterocycles. The maximum Gasteiger partial charge on any atom is 0.315 e. The number of hydrogen-bond acceptors (Lipinski definition) is 3. The van der Waals surface area contributed by atoms with E-state index in [1.165, 1.54) is 0 Å². The Morgan fingerprint density at radius 1 is 1.27 bits per heavy atom. The monoisotopic (exact) mass is 305 g/mol. The summed E-state index contributed by atoms with van der Waals surface area (Å²) in [6.07, 6.45) is 7.13. The molecule has 3 N–H and O–H groups in total. The normalized spacial score (nSPS) is 21.1.